The Bertz CT molecular complexity index is 812. The molecule has 9 heteroatoms. The predicted molar refractivity (Wildman–Crippen MR) is 73.0 cm³/mol. The average molecular weight is 337 g/mol. The summed E-state index contributed by atoms with van der Waals surface area (Å²) in [5.74, 6) is -4.86. The zero-order valence-electron chi connectivity index (χ0n) is 10.2. The van der Waals surface area contributed by atoms with Crippen LogP contribution in [0, 0.1) is 17.5 Å². The number of halogens is 4. The molecule has 0 heterocycles. The van der Waals surface area contributed by atoms with Gasteiger partial charge in [-0.05, 0) is 30.3 Å². The first-order chi connectivity index (χ1) is 9.72. The van der Waals surface area contributed by atoms with Crippen molar-refractivity contribution in [3.63, 3.8) is 0 Å². The molecule has 0 unspecified atom stereocenters. The minimum absolute atomic E-state index is 0.189. The first kappa shape index (κ1) is 15.5. The summed E-state index contributed by atoms with van der Waals surface area (Å²) in [7, 11) is -4.28. The molecule has 0 atom stereocenters. The zero-order chi connectivity index (χ0) is 15.8. The molecular formula is C12H8ClF3N2O2S. The van der Waals surface area contributed by atoms with Gasteiger partial charge in [0.15, 0.2) is 17.5 Å². The third kappa shape index (κ3) is 3.06. The number of nitrogens with two attached hydrogens (primary N) is 1. The highest BCUT2D eigenvalue weighted by Crippen LogP contribution is 2.27. The van der Waals surface area contributed by atoms with E-state index in [4.69, 9.17) is 17.3 Å². The minimum Gasteiger partial charge on any atom is -0.399 e. The van der Waals surface area contributed by atoms with Gasteiger partial charge < -0.3 is 5.73 Å². The van der Waals surface area contributed by atoms with Crippen LogP contribution in [0.15, 0.2) is 35.2 Å². The van der Waals surface area contributed by atoms with Gasteiger partial charge in [-0.25, -0.2) is 21.6 Å². The Balaban J connectivity index is 2.45. The van der Waals surface area contributed by atoms with E-state index in [2.05, 4.69) is 0 Å². The maximum Gasteiger partial charge on any atom is 0.263 e. The number of nitrogens with one attached hydrogen (secondary N) is 1. The van der Waals surface area contributed by atoms with E-state index in [0.717, 1.165) is 12.1 Å². The summed E-state index contributed by atoms with van der Waals surface area (Å²) in [5.41, 5.74) is 4.93. The van der Waals surface area contributed by atoms with Gasteiger partial charge in [0.1, 0.15) is 4.90 Å². The molecule has 2 aromatic rings. The number of hydrogen-bond donors (Lipinski definition) is 2. The number of rotatable bonds is 3. The first-order valence-electron chi connectivity index (χ1n) is 5.43. The highest BCUT2D eigenvalue weighted by Gasteiger charge is 2.22. The molecule has 0 amide bonds. The fraction of sp³-hybridized carbons (Fsp3) is 0. The van der Waals surface area contributed by atoms with Gasteiger partial charge in [0, 0.05) is 5.69 Å². The topological polar surface area (TPSA) is 72.2 Å². The van der Waals surface area contributed by atoms with Crippen LogP contribution in [0.4, 0.5) is 24.5 Å². The van der Waals surface area contributed by atoms with Crippen molar-refractivity contribution < 1.29 is 21.6 Å². The number of benzene rings is 2. The summed E-state index contributed by atoms with van der Waals surface area (Å²) in [6.45, 7) is 0. The molecule has 0 aliphatic carbocycles. The fourth-order valence-corrected chi connectivity index (χ4v) is 3.15. The van der Waals surface area contributed by atoms with Gasteiger partial charge in [-0.2, -0.15) is 0 Å². The molecule has 0 aliphatic rings. The Kier molecular flexibility index (Phi) is 4.02. The van der Waals surface area contributed by atoms with Gasteiger partial charge in [0.2, 0.25) is 0 Å². The number of nitrogen functional groups attached to an aromatic ring is 1. The highest BCUT2D eigenvalue weighted by atomic mass is 35.5. The number of sulfonamides is 1. The molecule has 21 heavy (non-hydrogen) atoms. The first-order valence-corrected chi connectivity index (χ1v) is 7.30. The molecule has 0 bridgehead atoms. The molecule has 2 aromatic carbocycles. The Labute approximate surface area is 123 Å². The standard InChI is InChI=1S/C12H8ClF3N2O2S/c13-7-5-6(17)1-4-10(7)21(19,20)18-9-3-2-8(14)11(15)12(9)16/h1-5,18H,17H2. The van der Waals surface area contributed by atoms with Gasteiger partial charge >= 0.3 is 0 Å². The third-order valence-corrected chi connectivity index (χ3v) is 4.37. The Morgan fingerprint density at radius 2 is 1.71 bits per heavy atom. The molecule has 0 radical (unpaired) electrons. The summed E-state index contributed by atoms with van der Waals surface area (Å²) >= 11 is 5.75. The van der Waals surface area contributed by atoms with E-state index in [1.165, 1.54) is 12.1 Å². The van der Waals surface area contributed by atoms with Crippen LogP contribution >= 0.6 is 11.6 Å². The van der Waals surface area contributed by atoms with E-state index in [-0.39, 0.29) is 15.6 Å². The smallest absolute Gasteiger partial charge is 0.263 e. The van der Waals surface area contributed by atoms with Crippen LogP contribution in [0.25, 0.3) is 0 Å². The summed E-state index contributed by atoms with van der Waals surface area (Å²) in [6, 6.07) is 4.94. The normalized spacial score (nSPS) is 11.4. The van der Waals surface area contributed by atoms with E-state index in [0.29, 0.717) is 6.07 Å². The SMILES string of the molecule is Nc1ccc(S(=O)(=O)Nc2ccc(F)c(F)c2F)c(Cl)c1. The van der Waals surface area contributed by atoms with Crippen LogP contribution in [-0.4, -0.2) is 8.42 Å². The maximum absolute atomic E-state index is 13.5. The highest BCUT2D eigenvalue weighted by molar-refractivity contribution is 7.92. The largest absolute Gasteiger partial charge is 0.399 e. The van der Waals surface area contributed by atoms with Crippen molar-refractivity contribution in [3.8, 4) is 0 Å². The number of anilines is 2. The molecular weight excluding hydrogens is 329 g/mol. The van der Waals surface area contributed by atoms with E-state index in [1.807, 2.05) is 0 Å². The van der Waals surface area contributed by atoms with E-state index < -0.39 is 33.2 Å². The van der Waals surface area contributed by atoms with Crippen molar-refractivity contribution in [2.45, 2.75) is 4.90 Å². The van der Waals surface area contributed by atoms with Gasteiger partial charge in [-0.3, -0.25) is 4.72 Å². The molecule has 0 aliphatic heterocycles. The Morgan fingerprint density at radius 3 is 2.33 bits per heavy atom. The zero-order valence-corrected chi connectivity index (χ0v) is 11.8. The summed E-state index contributed by atoms with van der Waals surface area (Å²) in [6.07, 6.45) is 0. The maximum atomic E-state index is 13.5. The monoisotopic (exact) mass is 336 g/mol. The lowest BCUT2D eigenvalue weighted by Gasteiger charge is -2.11. The van der Waals surface area contributed by atoms with Crippen molar-refractivity contribution in [2.24, 2.45) is 0 Å². The fourth-order valence-electron chi connectivity index (χ4n) is 1.54. The predicted octanol–water partition coefficient (Wildman–Crippen LogP) is 3.14. The van der Waals surface area contributed by atoms with Crippen molar-refractivity contribution >= 4 is 33.0 Å². The molecule has 112 valence electrons. The van der Waals surface area contributed by atoms with Crippen LogP contribution in [0.1, 0.15) is 0 Å². The van der Waals surface area contributed by atoms with Crippen LogP contribution in [-0.2, 0) is 10.0 Å². The molecule has 0 saturated heterocycles. The van der Waals surface area contributed by atoms with Crippen molar-refractivity contribution in [1.82, 2.24) is 0 Å². The second-order valence-electron chi connectivity index (χ2n) is 4.02. The van der Waals surface area contributed by atoms with Gasteiger partial charge in [-0.1, -0.05) is 11.6 Å². The summed E-state index contributed by atoms with van der Waals surface area (Å²) < 4.78 is 65.3. The van der Waals surface area contributed by atoms with Crippen molar-refractivity contribution in [3.05, 3.63) is 52.8 Å². The Hall–Kier alpha value is -1.93. The van der Waals surface area contributed by atoms with Crippen molar-refractivity contribution in [1.29, 1.82) is 0 Å². The van der Waals surface area contributed by atoms with Gasteiger partial charge in [-0.15, -0.1) is 0 Å². The number of hydrogen-bond acceptors (Lipinski definition) is 3. The lowest BCUT2D eigenvalue weighted by molar-refractivity contribution is 0.449. The van der Waals surface area contributed by atoms with Crippen LogP contribution in [0.3, 0.4) is 0 Å². The molecule has 0 saturated carbocycles. The quantitative estimate of drug-likeness (QED) is 0.668. The van der Waals surface area contributed by atoms with E-state index in [1.54, 1.807) is 4.72 Å². The second kappa shape index (κ2) is 5.45. The minimum atomic E-state index is -4.28. The second-order valence-corrected chi connectivity index (χ2v) is 6.08. The van der Waals surface area contributed by atoms with Crippen LogP contribution < -0.4 is 10.5 Å². The molecule has 0 fully saturated rings. The van der Waals surface area contributed by atoms with Gasteiger partial charge in [0.05, 0.1) is 10.7 Å². The van der Waals surface area contributed by atoms with Crippen molar-refractivity contribution in [2.75, 3.05) is 10.5 Å². The molecule has 2 rings (SSSR count). The molecule has 4 nitrogen and oxygen atoms in total. The molecule has 0 aromatic heterocycles. The van der Waals surface area contributed by atoms with E-state index in [9.17, 15) is 21.6 Å². The molecule has 3 N–H and O–H groups in total. The lowest BCUT2D eigenvalue weighted by atomic mass is 10.3. The summed E-state index contributed by atoms with van der Waals surface area (Å²) in [5, 5.41) is -0.189. The van der Waals surface area contributed by atoms with Crippen LogP contribution in [0.5, 0.6) is 0 Å². The lowest BCUT2D eigenvalue weighted by Crippen LogP contribution is -2.15. The average Bonchev–Trinajstić information content (AvgIpc) is 2.39. The van der Waals surface area contributed by atoms with Gasteiger partial charge in [0.25, 0.3) is 10.0 Å². The third-order valence-electron chi connectivity index (χ3n) is 2.52. The molecule has 0 spiro atoms. The summed E-state index contributed by atoms with van der Waals surface area (Å²) in [4.78, 5) is -0.373. The Morgan fingerprint density at radius 1 is 1.05 bits per heavy atom. The van der Waals surface area contributed by atoms with Crippen LogP contribution in [0.2, 0.25) is 5.02 Å². The van der Waals surface area contributed by atoms with E-state index >= 15 is 0 Å².